The number of amides is 1. The van der Waals surface area contributed by atoms with Crippen LogP contribution in [0.25, 0.3) is 0 Å². The van der Waals surface area contributed by atoms with Crippen molar-refractivity contribution in [2.75, 3.05) is 5.32 Å². The minimum atomic E-state index is -0.855. The van der Waals surface area contributed by atoms with Gasteiger partial charge in [-0.3, -0.25) is 14.4 Å². The Labute approximate surface area is 123 Å². The van der Waals surface area contributed by atoms with Crippen molar-refractivity contribution >= 4 is 23.3 Å². The molecule has 1 N–H and O–H groups in total. The third-order valence-corrected chi connectivity index (χ3v) is 3.61. The maximum absolute atomic E-state index is 12.0. The molecule has 0 heterocycles. The zero-order valence-corrected chi connectivity index (χ0v) is 12.4. The zero-order chi connectivity index (χ0) is 15.6. The van der Waals surface area contributed by atoms with Gasteiger partial charge in [-0.1, -0.05) is 19.1 Å². The fourth-order valence-electron chi connectivity index (χ4n) is 2.03. The number of nitrogens with one attached hydrogen (secondary N) is 1. The molecule has 5 heteroatoms. The lowest BCUT2D eigenvalue weighted by Gasteiger charge is -2.13. The van der Waals surface area contributed by atoms with E-state index in [2.05, 4.69) is 5.32 Å². The maximum Gasteiger partial charge on any atom is 0.309 e. The van der Waals surface area contributed by atoms with E-state index in [0.29, 0.717) is 17.2 Å². The van der Waals surface area contributed by atoms with Gasteiger partial charge in [-0.15, -0.1) is 0 Å². The minimum Gasteiger partial charge on any atom is -0.452 e. The maximum atomic E-state index is 12.0. The number of carbonyl (C=O) groups excluding carboxylic acids is 3. The van der Waals surface area contributed by atoms with Crippen LogP contribution in [-0.4, -0.2) is 23.8 Å². The van der Waals surface area contributed by atoms with Gasteiger partial charge in [0.25, 0.3) is 5.91 Å². The first-order valence-corrected chi connectivity index (χ1v) is 7.01. The van der Waals surface area contributed by atoms with Crippen LogP contribution in [0.15, 0.2) is 24.3 Å². The van der Waals surface area contributed by atoms with E-state index in [1.807, 2.05) is 6.92 Å². The number of anilines is 1. The van der Waals surface area contributed by atoms with E-state index >= 15 is 0 Å². The molecule has 0 spiro atoms. The molecule has 21 heavy (non-hydrogen) atoms. The molecule has 1 aliphatic rings. The van der Waals surface area contributed by atoms with Gasteiger partial charge in [-0.2, -0.15) is 0 Å². The van der Waals surface area contributed by atoms with Gasteiger partial charge in [0, 0.05) is 11.3 Å². The summed E-state index contributed by atoms with van der Waals surface area (Å²) in [5.41, 5.74) is 1.03. The molecule has 1 amide bonds. The van der Waals surface area contributed by atoms with E-state index < -0.39 is 12.0 Å². The molecule has 1 fully saturated rings. The molecular formula is C16H19NO4. The molecule has 0 bridgehead atoms. The Morgan fingerprint density at radius 2 is 2.00 bits per heavy atom. The summed E-state index contributed by atoms with van der Waals surface area (Å²) in [5.74, 6) is -0.519. The highest BCUT2D eigenvalue weighted by Gasteiger charge is 2.41. The highest BCUT2D eigenvalue weighted by Crippen LogP contribution is 2.38. The Bertz CT molecular complexity index is 581. The summed E-state index contributed by atoms with van der Waals surface area (Å²) in [6, 6.07) is 6.64. The highest BCUT2D eigenvalue weighted by atomic mass is 16.5. The lowest BCUT2D eigenvalue weighted by molar-refractivity contribution is -0.154. The number of carbonyl (C=O) groups is 3. The monoisotopic (exact) mass is 289 g/mol. The lowest BCUT2D eigenvalue weighted by atomic mass is 10.1. The molecule has 0 aromatic heterocycles. The summed E-state index contributed by atoms with van der Waals surface area (Å²) in [7, 11) is 0. The first kappa shape index (κ1) is 15.2. The number of Topliss-reactive ketones (excluding diaryl/α,β-unsaturated/α-hetero) is 1. The first-order chi connectivity index (χ1) is 9.88. The van der Waals surface area contributed by atoms with Gasteiger partial charge in [0.1, 0.15) is 0 Å². The van der Waals surface area contributed by atoms with E-state index in [0.717, 1.165) is 6.42 Å². The fourth-order valence-corrected chi connectivity index (χ4v) is 2.03. The SMILES string of the molecule is CC(=O)c1cccc(NC(=O)[C@H](C)OC(=O)[C@H]2C[C@H]2C)c1. The standard InChI is InChI=1S/C16H19NO4/c1-9-7-14(9)16(20)21-11(3)15(19)17-13-6-4-5-12(8-13)10(2)18/h4-6,8-9,11,14H,7H2,1-3H3,(H,17,19)/t9-,11+,14+/m1/s1. The second-order valence-corrected chi connectivity index (χ2v) is 5.52. The van der Waals surface area contributed by atoms with E-state index in [-0.39, 0.29) is 17.7 Å². The van der Waals surface area contributed by atoms with Gasteiger partial charge in [-0.05, 0) is 38.3 Å². The van der Waals surface area contributed by atoms with E-state index in [1.165, 1.54) is 13.8 Å². The first-order valence-electron chi connectivity index (χ1n) is 7.01. The van der Waals surface area contributed by atoms with Crippen LogP contribution in [0.2, 0.25) is 0 Å². The van der Waals surface area contributed by atoms with Gasteiger partial charge in [0.2, 0.25) is 0 Å². The van der Waals surface area contributed by atoms with Crippen LogP contribution >= 0.6 is 0 Å². The quantitative estimate of drug-likeness (QED) is 0.667. The fraction of sp³-hybridized carbons (Fsp3) is 0.438. The van der Waals surface area contributed by atoms with Gasteiger partial charge in [0.05, 0.1) is 5.92 Å². The lowest BCUT2D eigenvalue weighted by Crippen LogP contribution is -2.30. The Morgan fingerprint density at radius 1 is 1.33 bits per heavy atom. The van der Waals surface area contributed by atoms with Crippen LogP contribution in [0.3, 0.4) is 0 Å². The molecule has 0 radical (unpaired) electrons. The summed E-state index contributed by atoms with van der Waals surface area (Å²) in [5, 5.41) is 2.64. The molecule has 1 aromatic carbocycles. The van der Waals surface area contributed by atoms with E-state index in [9.17, 15) is 14.4 Å². The van der Waals surface area contributed by atoms with Crippen LogP contribution < -0.4 is 5.32 Å². The van der Waals surface area contributed by atoms with Crippen molar-refractivity contribution in [3.8, 4) is 0 Å². The third kappa shape index (κ3) is 3.90. The largest absolute Gasteiger partial charge is 0.452 e. The van der Waals surface area contributed by atoms with Crippen LogP contribution in [0.1, 0.15) is 37.6 Å². The predicted octanol–water partition coefficient (Wildman–Crippen LogP) is 2.42. The van der Waals surface area contributed by atoms with Crippen molar-refractivity contribution in [3.05, 3.63) is 29.8 Å². The molecule has 0 unspecified atom stereocenters. The molecular weight excluding hydrogens is 270 g/mol. The second-order valence-electron chi connectivity index (χ2n) is 5.52. The summed E-state index contributed by atoms with van der Waals surface area (Å²) in [4.78, 5) is 35.0. The second kappa shape index (κ2) is 6.08. The number of benzene rings is 1. The number of ether oxygens (including phenoxy) is 1. The van der Waals surface area contributed by atoms with Gasteiger partial charge < -0.3 is 10.1 Å². The number of esters is 1. The number of hydrogen-bond acceptors (Lipinski definition) is 4. The Hall–Kier alpha value is -2.17. The van der Waals surface area contributed by atoms with Gasteiger partial charge >= 0.3 is 5.97 Å². The van der Waals surface area contributed by atoms with E-state index in [4.69, 9.17) is 4.74 Å². The molecule has 2 rings (SSSR count). The van der Waals surface area contributed by atoms with Crippen LogP contribution in [0.4, 0.5) is 5.69 Å². The van der Waals surface area contributed by atoms with Crippen molar-refractivity contribution in [2.24, 2.45) is 11.8 Å². The summed E-state index contributed by atoms with van der Waals surface area (Å²) in [6.07, 6.45) is -0.0281. The molecule has 5 nitrogen and oxygen atoms in total. The number of hydrogen-bond donors (Lipinski definition) is 1. The van der Waals surface area contributed by atoms with Crippen LogP contribution in [-0.2, 0) is 14.3 Å². The van der Waals surface area contributed by atoms with E-state index in [1.54, 1.807) is 24.3 Å². The minimum absolute atomic E-state index is 0.0682. The molecule has 3 atom stereocenters. The summed E-state index contributed by atoms with van der Waals surface area (Å²) < 4.78 is 5.14. The molecule has 112 valence electrons. The highest BCUT2D eigenvalue weighted by molar-refractivity contribution is 5.98. The smallest absolute Gasteiger partial charge is 0.309 e. The summed E-state index contributed by atoms with van der Waals surface area (Å²) >= 11 is 0. The normalized spacial score (nSPS) is 21.3. The zero-order valence-electron chi connectivity index (χ0n) is 12.4. The molecule has 1 aromatic rings. The Kier molecular flexibility index (Phi) is 4.40. The van der Waals surface area contributed by atoms with Crippen LogP contribution in [0, 0.1) is 11.8 Å². The molecule has 0 saturated heterocycles. The topological polar surface area (TPSA) is 72.5 Å². The average Bonchev–Trinajstić information content (AvgIpc) is 3.16. The van der Waals surface area contributed by atoms with Gasteiger partial charge in [-0.25, -0.2) is 0 Å². The predicted molar refractivity (Wildman–Crippen MR) is 77.9 cm³/mol. The average molecular weight is 289 g/mol. The molecule has 0 aliphatic heterocycles. The number of ketones is 1. The van der Waals surface area contributed by atoms with Crippen molar-refractivity contribution < 1.29 is 19.1 Å². The van der Waals surface area contributed by atoms with Gasteiger partial charge in [0.15, 0.2) is 11.9 Å². The Balaban J connectivity index is 1.92. The van der Waals surface area contributed by atoms with Crippen LogP contribution in [0.5, 0.6) is 0 Å². The molecule has 1 aliphatic carbocycles. The van der Waals surface area contributed by atoms with Crippen molar-refractivity contribution in [1.82, 2.24) is 0 Å². The van der Waals surface area contributed by atoms with Crippen molar-refractivity contribution in [2.45, 2.75) is 33.3 Å². The van der Waals surface area contributed by atoms with Crippen molar-refractivity contribution in [1.29, 1.82) is 0 Å². The van der Waals surface area contributed by atoms with Crippen molar-refractivity contribution in [3.63, 3.8) is 0 Å². The third-order valence-electron chi connectivity index (χ3n) is 3.61. The number of rotatable bonds is 5. The molecule has 1 saturated carbocycles. The Morgan fingerprint density at radius 3 is 2.57 bits per heavy atom. The summed E-state index contributed by atoms with van der Waals surface area (Å²) in [6.45, 7) is 4.97.